The molecule has 9 heteroatoms. The fraction of sp³-hybridized carbons (Fsp3) is 0.500. The summed E-state index contributed by atoms with van der Waals surface area (Å²) in [4.78, 5) is 28.6. The first-order chi connectivity index (χ1) is 12.6. The van der Waals surface area contributed by atoms with Gasteiger partial charge in [-0.05, 0) is 39.7 Å². The van der Waals surface area contributed by atoms with Crippen LogP contribution in [-0.2, 0) is 16.0 Å². The molecule has 0 bridgehead atoms. The van der Waals surface area contributed by atoms with Gasteiger partial charge in [0.15, 0.2) is 0 Å². The van der Waals surface area contributed by atoms with Crippen molar-refractivity contribution in [2.75, 3.05) is 6.54 Å². The average molecular weight is 378 g/mol. The van der Waals surface area contributed by atoms with Crippen LogP contribution in [0.25, 0.3) is 0 Å². The summed E-state index contributed by atoms with van der Waals surface area (Å²) in [6, 6.07) is 8.68. The van der Waals surface area contributed by atoms with Gasteiger partial charge in [-0.1, -0.05) is 30.3 Å². The molecule has 150 valence electrons. The topological polar surface area (TPSA) is 144 Å². The van der Waals surface area contributed by atoms with Crippen molar-refractivity contribution in [2.45, 2.75) is 51.8 Å². The summed E-state index contributed by atoms with van der Waals surface area (Å²) in [6.07, 6.45) is -0.0607. The number of hydrazine groups is 1. The molecule has 0 fully saturated rings. The van der Waals surface area contributed by atoms with Gasteiger partial charge in [-0.25, -0.2) is 15.6 Å². The summed E-state index contributed by atoms with van der Waals surface area (Å²) in [6.45, 7) is 7.00. The Balaban J connectivity index is 2.74. The molecule has 2 unspecified atom stereocenters. The zero-order valence-corrected chi connectivity index (χ0v) is 16.3. The SMILES string of the molecule is CC(Cc1ccccc1)NC(=O)C(CN=C(N)NN)NC(=O)OC(C)(C)C. The van der Waals surface area contributed by atoms with Crippen LogP contribution in [0.1, 0.15) is 33.3 Å². The average Bonchev–Trinajstić information content (AvgIpc) is 2.57. The Morgan fingerprint density at radius 2 is 1.81 bits per heavy atom. The van der Waals surface area contributed by atoms with E-state index in [1.54, 1.807) is 20.8 Å². The molecule has 0 aliphatic rings. The van der Waals surface area contributed by atoms with Gasteiger partial charge in [0.2, 0.25) is 11.9 Å². The minimum atomic E-state index is -0.954. The molecule has 7 N–H and O–H groups in total. The van der Waals surface area contributed by atoms with E-state index in [9.17, 15) is 9.59 Å². The van der Waals surface area contributed by atoms with Crippen molar-refractivity contribution >= 4 is 18.0 Å². The first-order valence-electron chi connectivity index (χ1n) is 8.71. The molecule has 9 nitrogen and oxygen atoms in total. The predicted molar refractivity (Wildman–Crippen MR) is 105 cm³/mol. The quantitative estimate of drug-likeness (QED) is 0.201. The van der Waals surface area contributed by atoms with Gasteiger partial charge in [-0.3, -0.25) is 10.2 Å². The normalized spacial score (nSPS) is 14.0. The molecule has 2 amide bonds. The number of benzene rings is 1. The maximum atomic E-state index is 12.6. The summed E-state index contributed by atoms with van der Waals surface area (Å²) in [5.74, 6) is 4.73. The monoisotopic (exact) mass is 378 g/mol. The number of nitrogens with one attached hydrogen (secondary N) is 3. The van der Waals surface area contributed by atoms with Crippen LogP contribution in [0.4, 0.5) is 4.79 Å². The van der Waals surface area contributed by atoms with Gasteiger partial charge in [0.25, 0.3) is 0 Å². The van der Waals surface area contributed by atoms with E-state index in [1.807, 2.05) is 37.3 Å². The van der Waals surface area contributed by atoms with Gasteiger partial charge in [0.1, 0.15) is 11.6 Å². The van der Waals surface area contributed by atoms with Gasteiger partial charge in [0.05, 0.1) is 6.54 Å². The van der Waals surface area contributed by atoms with E-state index in [1.165, 1.54) is 0 Å². The standard InChI is InChI=1S/C18H30N6O3/c1-12(10-13-8-6-5-7-9-13)22-15(25)14(11-21-16(19)24-20)23-17(26)27-18(2,3)4/h5-9,12,14H,10-11,20H2,1-4H3,(H,22,25)(H,23,26)(H3,19,21,24). The Bertz CT molecular complexity index is 642. The number of rotatable bonds is 7. The molecule has 0 saturated carbocycles. The Morgan fingerprint density at radius 3 is 2.37 bits per heavy atom. The third kappa shape index (κ3) is 9.45. The second kappa shape index (κ2) is 10.4. The number of nitrogens with zero attached hydrogens (tertiary/aromatic N) is 1. The smallest absolute Gasteiger partial charge is 0.408 e. The summed E-state index contributed by atoms with van der Waals surface area (Å²) < 4.78 is 5.20. The lowest BCUT2D eigenvalue weighted by Gasteiger charge is -2.24. The number of guanidine groups is 1. The number of alkyl carbamates (subject to hydrolysis) is 1. The van der Waals surface area contributed by atoms with E-state index < -0.39 is 23.6 Å². The van der Waals surface area contributed by atoms with Crippen molar-refractivity contribution < 1.29 is 14.3 Å². The highest BCUT2D eigenvalue weighted by atomic mass is 16.6. The van der Waals surface area contributed by atoms with Crippen LogP contribution in [0.5, 0.6) is 0 Å². The lowest BCUT2D eigenvalue weighted by atomic mass is 10.1. The maximum absolute atomic E-state index is 12.6. The van der Waals surface area contributed by atoms with Gasteiger partial charge >= 0.3 is 6.09 Å². The molecule has 1 aromatic carbocycles. The molecular weight excluding hydrogens is 348 g/mol. The summed E-state index contributed by atoms with van der Waals surface area (Å²) in [7, 11) is 0. The summed E-state index contributed by atoms with van der Waals surface area (Å²) >= 11 is 0. The van der Waals surface area contributed by atoms with E-state index in [-0.39, 0.29) is 18.5 Å². The number of hydrogen-bond donors (Lipinski definition) is 5. The van der Waals surface area contributed by atoms with Gasteiger partial charge in [-0.15, -0.1) is 0 Å². The Kier molecular flexibility index (Phi) is 8.53. The molecule has 0 spiro atoms. The van der Waals surface area contributed by atoms with E-state index in [4.69, 9.17) is 16.3 Å². The molecule has 0 aromatic heterocycles. The maximum Gasteiger partial charge on any atom is 0.408 e. The molecule has 2 atom stereocenters. The molecule has 0 aliphatic carbocycles. The highest BCUT2D eigenvalue weighted by molar-refractivity contribution is 5.86. The van der Waals surface area contributed by atoms with Gasteiger partial charge < -0.3 is 21.1 Å². The molecule has 0 radical (unpaired) electrons. The molecular formula is C18H30N6O3. The van der Waals surface area contributed by atoms with Crippen molar-refractivity contribution in [3.63, 3.8) is 0 Å². The second-order valence-corrected chi connectivity index (χ2v) is 7.17. The number of carbonyl (C=O) groups is 2. The zero-order chi connectivity index (χ0) is 20.4. The third-order valence-corrected chi connectivity index (χ3v) is 3.37. The van der Waals surface area contributed by atoms with Crippen molar-refractivity contribution in [1.82, 2.24) is 16.1 Å². The van der Waals surface area contributed by atoms with Crippen molar-refractivity contribution in [2.24, 2.45) is 16.6 Å². The van der Waals surface area contributed by atoms with E-state index in [0.29, 0.717) is 6.42 Å². The second-order valence-electron chi connectivity index (χ2n) is 7.17. The molecule has 27 heavy (non-hydrogen) atoms. The Labute approximate surface area is 159 Å². The number of nitrogens with two attached hydrogens (primary N) is 2. The minimum absolute atomic E-state index is 0.0453. The Morgan fingerprint density at radius 1 is 1.19 bits per heavy atom. The van der Waals surface area contributed by atoms with Gasteiger partial charge in [-0.2, -0.15) is 0 Å². The number of ether oxygens (including phenoxy) is 1. The fourth-order valence-electron chi connectivity index (χ4n) is 2.24. The van der Waals surface area contributed by atoms with Crippen LogP contribution >= 0.6 is 0 Å². The van der Waals surface area contributed by atoms with Gasteiger partial charge in [0, 0.05) is 6.04 Å². The summed E-state index contributed by atoms with van der Waals surface area (Å²) in [5, 5.41) is 5.39. The van der Waals surface area contributed by atoms with Crippen LogP contribution in [0.2, 0.25) is 0 Å². The molecule has 1 aromatic rings. The summed E-state index contributed by atoms with van der Waals surface area (Å²) in [5.41, 5.74) is 8.08. The largest absolute Gasteiger partial charge is 0.444 e. The van der Waals surface area contributed by atoms with E-state index in [0.717, 1.165) is 5.56 Å². The van der Waals surface area contributed by atoms with Crippen LogP contribution in [-0.4, -0.2) is 42.2 Å². The lowest BCUT2D eigenvalue weighted by molar-refractivity contribution is -0.123. The molecule has 0 aliphatic heterocycles. The Hall–Kier alpha value is -2.81. The van der Waals surface area contributed by atoms with Crippen molar-refractivity contribution in [3.05, 3.63) is 35.9 Å². The highest BCUT2D eigenvalue weighted by Crippen LogP contribution is 2.07. The molecule has 0 heterocycles. The number of amides is 2. The highest BCUT2D eigenvalue weighted by Gasteiger charge is 2.25. The predicted octanol–water partition coefficient (Wildman–Crippen LogP) is 0.405. The molecule has 1 rings (SSSR count). The zero-order valence-electron chi connectivity index (χ0n) is 16.3. The first-order valence-corrected chi connectivity index (χ1v) is 8.71. The van der Waals surface area contributed by atoms with Crippen molar-refractivity contribution in [3.8, 4) is 0 Å². The molecule has 0 saturated heterocycles. The van der Waals surface area contributed by atoms with Crippen LogP contribution < -0.4 is 27.6 Å². The number of hydrogen-bond acceptors (Lipinski definition) is 5. The first kappa shape index (κ1) is 22.2. The van der Waals surface area contributed by atoms with Crippen LogP contribution in [0.15, 0.2) is 35.3 Å². The number of carbonyl (C=O) groups excluding carboxylic acids is 2. The third-order valence-electron chi connectivity index (χ3n) is 3.37. The van der Waals surface area contributed by atoms with Crippen LogP contribution in [0, 0.1) is 0 Å². The van der Waals surface area contributed by atoms with Crippen LogP contribution in [0.3, 0.4) is 0 Å². The van der Waals surface area contributed by atoms with E-state index >= 15 is 0 Å². The van der Waals surface area contributed by atoms with E-state index in [2.05, 4.69) is 21.1 Å². The lowest BCUT2D eigenvalue weighted by Crippen LogP contribution is -2.52. The minimum Gasteiger partial charge on any atom is -0.444 e. The van der Waals surface area contributed by atoms with Crippen molar-refractivity contribution in [1.29, 1.82) is 0 Å². The number of aliphatic imine (C=N–C) groups is 1. The fourth-order valence-corrected chi connectivity index (χ4v) is 2.24.